The number of hydrogen-bond donors (Lipinski definition) is 0. The molecule has 0 aliphatic carbocycles. The number of carbonyl (C=O) groups excluding carboxylic acids is 2. The summed E-state index contributed by atoms with van der Waals surface area (Å²) in [6.45, 7) is 6.17. The molecule has 0 radical (unpaired) electrons. The summed E-state index contributed by atoms with van der Waals surface area (Å²) in [5.74, 6) is 2.97. The Morgan fingerprint density at radius 2 is 1.60 bits per heavy atom. The van der Waals surface area contributed by atoms with E-state index in [1.165, 1.54) is 24.8 Å². The summed E-state index contributed by atoms with van der Waals surface area (Å²) in [7, 11) is 1.67. The van der Waals surface area contributed by atoms with Crippen LogP contribution in [0, 0.1) is 0 Å². The number of aromatic nitrogens is 3. The second kappa shape index (κ2) is 17.1. The van der Waals surface area contributed by atoms with Crippen molar-refractivity contribution in [2.45, 2.75) is 89.3 Å². The third kappa shape index (κ3) is 9.58. The number of hydrogen-bond acceptors (Lipinski definition) is 6. The number of carbonyl (C=O) groups is 2. The maximum absolute atomic E-state index is 13.0. The number of benzene rings is 2. The Balaban J connectivity index is 1.24. The molecule has 232 valence electrons. The van der Waals surface area contributed by atoms with Crippen LogP contribution in [0.2, 0.25) is 0 Å². The third-order valence-corrected chi connectivity index (χ3v) is 9.06. The van der Waals surface area contributed by atoms with E-state index >= 15 is 0 Å². The highest BCUT2D eigenvalue weighted by Gasteiger charge is 2.29. The molecular formula is C34H47N5O3S. The maximum atomic E-state index is 13.0. The van der Waals surface area contributed by atoms with Crippen LogP contribution in [0.5, 0.6) is 5.75 Å². The van der Waals surface area contributed by atoms with Crippen molar-refractivity contribution in [1.82, 2.24) is 24.6 Å². The lowest BCUT2D eigenvalue weighted by Gasteiger charge is -2.40. The zero-order chi connectivity index (χ0) is 30.4. The largest absolute Gasteiger partial charge is 0.497 e. The second-order valence-electron chi connectivity index (χ2n) is 11.3. The summed E-state index contributed by atoms with van der Waals surface area (Å²) < 4.78 is 7.47. The molecule has 1 aromatic heterocycles. The number of rotatable bonds is 16. The van der Waals surface area contributed by atoms with Crippen molar-refractivity contribution < 1.29 is 14.3 Å². The lowest BCUT2D eigenvalue weighted by atomic mass is 10.1. The number of amides is 2. The fourth-order valence-corrected chi connectivity index (χ4v) is 6.52. The van der Waals surface area contributed by atoms with E-state index in [9.17, 15) is 9.59 Å². The van der Waals surface area contributed by atoms with Crippen LogP contribution in [0.4, 0.5) is 0 Å². The predicted octanol–water partition coefficient (Wildman–Crippen LogP) is 6.55. The molecule has 1 saturated heterocycles. The minimum atomic E-state index is 0.0748. The number of ether oxygens (including phenoxy) is 1. The van der Waals surface area contributed by atoms with E-state index in [-0.39, 0.29) is 17.9 Å². The molecule has 0 saturated carbocycles. The van der Waals surface area contributed by atoms with E-state index in [0.717, 1.165) is 53.9 Å². The van der Waals surface area contributed by atoms with Gasteiger partial charge in [0.25, 0.3) is 0 Å². The molecule has 0 spiro atoms. The van der Waals surface area contributed by atoms with Gasteiger partial charge in [0.2, 0.25) is 11.8 Å². The van der Waals surface area contributed by atoms with Gasteiger partial charge >= 0.3 is 0 Å². The molecule has 1 atom stereocenters. The lowest BCUT2D eigenvalue weighted by molar-refractivity contribution is -0.142. The van der Waals surface area contributed by atoms with Crippen LogP contribution in [0.1, 0.15) is 83.0 Å². The smallest absolute Gasteiger partial charge is 0.222 e. The van der Waals surface area contributed by atoms with E-state index in [4.69, 9.17) is 4.74 Å². The molecule has 2 amide bonds. The number of piperazine rings is 1. The van der Waals surface area contributed by atoms with E-state index in [2.05, 4.69) is 40.7 Å². The van der Waals surface area contributed by atoms with Gasteiger partial charge in [-0.1, -0.05) is 74.7 Å². The van der Waals surface area contributed by atoms with Gasteiger partial charge in [-0.2, -0.15) is 0 Å². The van der Waals surface area contributed by atoms with Crippen LogP contribution in [-0.2, 0) is 16.0 Å². The Morgan fingerprint density at radius 3 is 2.33 bits per heavy atom. The number of unbranched alkanes of at least 4 members (excludes halogenated alkanes) is 5. The fourth-order valence-electron chi connectivity index (χ4n) is 5.56. The van der Waals surface area contributed by atoms with Gasteiger partial charge in [-0.15, -0.1) is 10.2 Å². The Hall–Kier alpha value is -3.33. The van der Waals surface area contributed by atoms with Gasteiger partial charge in [0.05, 0.1) is 7.11 Å². The van der Waals surface area contributed by atoms with Gasteiger partial charge in [-0.3, -0.25) is 14.2 Å². The van der Waals surface area contributed by atoms with Crippen LogP contribution in [0.3, 0.4) is 0 Å². The Bertz CT molecular complexity index is 1280. The lowest BCUT2D eigenvalue weighted by Crippen LogP contribution is -2.55. The molecule has 4 rings (SSSR count). The van der Waals surface area contributed by atoms with Gasteiger partial charge in [-0.25, -0.2) is 0 Å². The first-order chi connectivity index (χ1) is 21.0. The Kier molecular flexibility index (Phi) is 12.9. The van der Waals surface area contributed by atoms with Gasteiger partial charge in [-0.05, 0) is 56.0 Å². The Morgan fingerprint density at radius 1 is 0.884 bits per heavy atom. The number of nitrogens with zero attached hydrogens (tertiary/aromatic N) is 5. The zero-order valence-electron chi connectivity index (χ0n) is 26.0. The number of methoxy groups -OCH3 is 1. The first kappa shape index (κ1) is 32.6. The van der Waals surface area contributed by atoms with Crippen molar-refractivity contribution >= 4 is 23.6 Å². The average Bonchev–Trinajstić information content (AvgIpc) is 3.42. The van der Waals surface area contributed by atoms with Crippen molar-refractivity contribution in [2.24, 2.45) is 0 Å². The summed E-state index contributed by atoms with van der Waals surface area (Å²) in [5.41, 5.74) is 2.18. The van der Waals surface area contributed by atoms with Crippen molar-refractivity contribution in [2.75, 3.05) is 32.5 Å². The van der Waals surface area contributed by atoms with Gasteiger partial charge in [0.1, 0.15) is 11.6 Å². The van der Waals surface area contributed by atoms with E-state index in [0.29, 0.717) is 38.9 Å². The van der Waals surface area contributed by atoms with Gasteiger partial charge in [0, 0.05) is 56.4 Å². The molecule has 9 heteroatoms. The molecule has 1 fully saturated rings. The van der Waals surface area contributed by atoms with Crippen LogP contribution in [0.25, 0.3) is 5.69 Å². The fraction of sp³-hybridized carbons (Fsp3) is 0.529. The molecule has 0 N–H and O–H groups in total. The summed E-state index contributed by atoms with van der Waals surface area (Å²) in [5, 5.41) is 9.93. The summed E-state index contributed by atoms with van der Waals surface area (Å²) >= 11 is 1.67. The molecule has 3 aromatic rings. The molecule has 2 aromatic carbocycles. The highest BCUT2D eigenvalue weighted by molar-refractivity contribution is 7.99. The molecule has 8 nitrogen and oxygen atoms in total. The van der Waals surface area contributed by atoms with Crippen LogP contribution < -0.4 is 4.74 Å². The van der Waals surface area contributed by atoms with E-state index < -0.39 is 0 Å². The quantitative estimate of drug-likeness (QED) is 0.136. The molecule has 2 heterocycles. The van der Waals surface area contributed by atoms with Crippen molar-refractivity contribution in [3.63, 3.8) is 0 Å². The SMILES string of the molecule is CCCCCCCC(=O)N1CCN(C(=O)CCCCSc2nnc(Cc3ccccc3)n2-c2ccc(OC)cc2)CC1C. The maximum Gasteiger partial charge on any atom is 0.222 e. The van der Waals surface area contributed by atoms with E-state index in [1.54, 1.807) is 18.9 Å². The van der Waals surface area contributed by atoms with Crippen molar-refractivity contribution in [1.29, 1.82) is 0 Å². The van der Waals surface area contributed by atoms with Gasteiger partial charge in [0.15, 0.2) is 5.16 Å². The first-order valence-electron chi connectivity index (χ1n) is 15.8. The standard InChI is InChI=1S/C34H47N5O3S/c1-4-5-6-7-11-17-33(41)38-23-22-37(26-27(38)2)32(40)16-12-13-24-43-34-36-35-31(25-28-14-9-8-10-15-28)39(34)29-18-20-30(42-3)21-19-29/h8-10,14-15,18-21,27H,4-7,11-13,16-17,22-26H2,1-3H3. The minimum Gasteiger partial charge on any atom is -0.497 e. The topological polar surface area (TPSA) is 80.6 Å². The predicted molar refractivity (Wildman–Crippen MR) is 173 cm³/mol. The summed E-state index contributed by atoms with van der Waals surface area (Å²) in [6, 6.07) is 18.3. The van der Waals surface area contributed by atoms with E-state index in [1.807, 2.05) is 52.3 Å². The summed E-state index contributed by atoms with van der Waals surface area (Å²) in [4.78, 5) is 29.6. The molecule has 43 heavy (non-hydrogen) atoms. The Labute approximate surface area is 261 Å². The molecule has 1 aliphatic heterocycles. The van der Waals surface area contributed by atoms with Crippen LogP contribution in [0.15, 0.2) is 59.8 Å². The summed E-state index contributed by atoms with van der Waals surface area (Å²) in [6.07, 6.45) is 9.32. The normalized spacial score (nSPS) is 15.1. The van der Waals surface area contributed by atoms with Crippen molar-refractivity contribution in [3.05, 3.63) is 66.0 Å². The first-order valence-corrected chi connectivity index (χ1v) is 16.8. The van der Waals surface area contributed by atoms with Gasteiger partial charge < -0.3 is 14.5 Å². The molecular weight excluding hydrogens is 558 g/mol. The zero-order valence-corrected chi connectivity index (χ0v) is 26.9. The highest BCUT2D eigenvalue weighted by Crippen LogP contribution is 2.26. The van der Waals surface area contributed by atoms with Crippen LogP contribution in [-0.4, -0.2) is 74.9 Å². The molecule has 0 bridgehead atoms. The minimum absolute atomic E-state index is 0.0748. The third-order valence-electron chi connectivity index (χ3n) is 8.05. The molecule has 1 aliphatic rings. The highest BCUT2D eigenvalue weighted by atomic mass is 32.2. The average molecular weight is 606 g/mol. The second-order valence-corrected chi connectivity index (χ2v) is 12.4. The number of thioether (sulfide) groups is 1. The van der Waals surface area contributed by atoms with Crippen LogP contribution >= 0.6 is 11.8 Å². The monoisotopic (exact) mass is 605 g/mol. The van der Waals surface area contributed by atoms with Crippen molar-refractivity contribution in [3.8, 4) is 11.4 Å². The molecule has 1 unspecified atom stereocenters.